The van der Waals surface area contributed by atoms with Crippen LogP contribution in [0.15, 0.2) is 40.2 Å². The number of halogens is 2. The van der Waals surface area contributed by atoms with Crippen LogP contribution in [-0.2, 0) is 0 Å². The van der Waals surface area contributed by atoms with E-state index < -0.39 is 0 Å². The van der Waals surface area contributed by atoms with E-state index in [2.05, 4.69) is 46.5 Å². The Balaban J connectivity index is 2.21. The minimum Gasteiger partial charge on any atom is -0.377 e. The third-order valence-electron chi connectivity index (χ3n) is 2.76. The van der Waals surface area contributed by atoms with Crippen LogP contribution in [0.4, 0.5) is 10.1 Å². The fourth-order valence-corrected chi connectivity index (χ4v) is 3.00. The zero-order valence-corrected chi connectivity index (χ0v) is 12.7. The molecule has 1 atom stereocenters. The van der Waals surface area contributed by atoms with Crippen molar-refractivity contribution in [3.05, 3.63) is 50.9 Å². The molecule has 1 heterocycles. The van der Waals surface area contributed by atoms with Crippen molar-refractivity contribution in [2.75, 3.05) is 5.32 Å². The predicted octanol–water partition coefficient (Wildman–Crippen LogP) is 5.46. The summed E-state index contributed by atoms with van der Waals surface area (Å²) in [5.41, 5.74) is 0.808. The van der Waals surface area contributed by atoms with Gasteiger partial charge in [-0.05, 0) is 51.5 Å². The first kappa shape index (κ1) is 13.6. The smallest absolute Gasteiger partial charge is 0.139 e. The summed E-state index contributed by atoms with van der Waals surface area (Å²) >= 11 is 4.88. The lowest BCUT2D eigenvalue weighted by atomic mass is 10.0. The van der Waals surface area contributed by atoms with Gasteiger partial charge < -0.3 is 5.32 Å². The van der Waals surface area contributed by atoms with Gasteiger partial charge in [-0.2, -0.15) is 0 Å². The van der Waals surface area contributed by atoms with E-state index in [0.29, 0.717) is 10.4 Å². The van der Waals surface area contributed by atoms with Gasteiger partial charge in [0.2, 0.25) is 0 Å². The maximum Gasteiger partial charge on any atom is 0.139 e. The lowest BCUT2D eigenvalue weighted by molar-refractivity contribution is 0.552. The number of benzene rings is 1. The predicted molar refractivity (Wildman–Crippen MR) is 79.6 cm³/mol. The molecular formula is C14H15BrFNS. The third-order valence-corrected chi connectivity index (χ3v) is 4.36. The molecule has 2 aromatic rings. The van der Waals surface area contributed by atoms with E-state index in [0.717, 1.165) is 5.69 Å². The topological polar surface area (TPSA) is 12.0 Å². The van der Waals surface area contributed by atoms with Gasteiger partial charge in [0.15, 0.2) is 0 Å². The van der Waals surface area contributed by atoms with Gasteiger partial charge in [0.1, 0.15) is 5.82 Å². The summed E-state index contributed by atoms with van der Waals surface area (Å²) in [6, 6.07) is 9.49. The molecule has 1 nitrogen and oxygen atoms in total. The SMILES string of the molecule is CC(C)C(Nc1ccc(Br)c(F)c1)c1cccs1. The first-order valence-electron chi connectivity index (χ1n) is 5.83. The summed E-state index contributed by atoms with van der Waals surface area (Å²) < 4.78 is 14.0. The van der Waals surface area contributed by atoms with E-state index in [1.54, 1.807) is 17.4 Å². The molecule has 2 rings (SSSR count). The van der Waals surface area contributed by atoms with Gasteiger partial charge in [-0.25, -0.2) is 4.39 Å². The van der Waals surface area contributed by atoms with Gasteiger partial charge in [0.25, 0.3) is 0 Å². The highest BCUT2D eigenvalue weighted by Crippen LogP contribution is 2.30. The zero-order chi connectivity index (χ0) is 13.1. The minimum atomic E-state index is -0.242. The molecule has 0 fully saturated rings. The van der Waals surface area contributed by atoms with E-state index in [1.807, 2.05) is 12.1 Å². The van der Waals surface area contributed by atoms with Crippen molar-refractivity contribution in [1.82, 2.24) is 0 Å². The molecule has 18 heavy (non-hydrogen) atoms. The van der Waals surface area contributed by atoms with Crippen LogP contribution >= 0.6 is 27.3 Å². The maximum absolute atomic E-state index is 13.5. The second-order valence-electron chi connectivity index (χ2n) is 4.51. The van der Waals surface area contributed by atoms with Gasteiger partial charge in [0, 0.05) is 10.6 Å². The fraction of sp³-hybridized carbons (Fsp3) is 0.286. The van der Waals surface area contributed by atoms with E-state index in [4.69, 9.17) is 0 Å². The van der Waals surface area contributed by atoms with Gasteiger partial charge in [-0.1, -0.05) is 19.9 Å². The molecule has 0 spiro atoms. The molecule has 0 amide bonds. The van der Waals surface area contributed by atoms with Crippen molar-refractivity contribution in [3.63, 3.8) is 0 Å². The van der Waals surface area contributed by atoms with Gasteiger partial charge in [-0.15, -0.1) is 11.3 Å². The molecule has 4 heteroatoms. The molecule has 0 aliphatic rings. The summed E-state index contributed by atoms with van der Waals surface area (Å²) in [5.74, 6) is 0.198. The van der Waals surface area contributed by atoms with Crippen LogP contribution in [0, 0.1) is 11.7 Å². The van der Waals surface area contributed by atoms with E-state index in [9.17, 15) is 4.39 Å². The summed E-state index contributed by atoms with van der Waals surface area (Å²) in [5, 5.41) is 5.46. The summed E-state index contributed by atoms with van der Waals surface area (Å²) in [6.45, 7) is 4.32. The van der Waals surface area contributed by atoms with E-state index >= 15 is 0 Å². The maximum atomic E-state index is 13.5. The Morgan fingerprint density at radius 2 is 2.06 bits per heavy atom. The second-order valence-corrected chi connectivity index (χ2v) is 6.34. The Labute approximate surface area is 119 Å². The highest BCUT2D eigenvalue weighted by molar-refractivity contribution is 9.10. The Morgan fingerprint density at radius 3 is 2.61 bits per heavy atom. The Bertz CT molecular complexity index is 511. The molecule has 0 bridgehead atoms. The lowest BCUT2D eigenvalue weighted by Gasteiger charge is -2.22. The molecule has 1 aromatic carbocycles. The van der Waals surface area contributed by atoms with Crippen LogP contribution in [0.3, 0.4) is 0 Å². The first-order valence-corrected chi connectivity index (χ1v) is 7.50. The van der Waals surface area contributed by atoms with Crippen LogP contribution < -0.4 is 5.32 Å². The molecule has 0 saturated carbocycles. The summed E-state index contributed by atoms with van der Waals surface area (Å²) in [6.07, 6.45) is 0. The summed E-state index contributed by atoms with van der Waals surface area (Å²) in [7, 11) is 0. The standard InChI is InChI=1S/C14H15BrFNS/c1-9(2)14(13-4-3-7-18-13)17-10-5-6-11(15)12(16)8-10/h3-9,14,17H,1-2H3. The first-order chi connectivity index (χ1) is 8.58. The van der Waals surface area contributed by atoms with Crippen LogP contribution in [0.25, 0.3) is 0 Å². The number of anilines is 1. The van der Waals surface area contributed by atoms with Crippen molar-refractivity contribution >= 4 is 33.0 Å². The van der Waals surface area contributed by atoms with Crippen molar-refractivity contribution in [2.45, 2.75) is 19.9 Å². The molecule has 96 valence electrons. The average Bonchev–Trinajstić information content (AvgIpc) is 2.83. The minimum absolute atomic E-state index is 0.213. The zero-order valence-electron chi connectivity index (χ0n) is 10.3. The third kappa shape index (κ3) is 3.12. The number of nitrogens with one attached hydrogen (secondary N) is 1. The largest absolute Gasteiger partial charge is 0.377 e. The molecule has 0 aliphatic heterocycles. The Hall–Kier alpha value is -0.870. The molecule has 1 N–H and O–H groups in total. The molecule has 1 aromatic heterocycles. The van der Waals surface area contributed by atoms with Gasteiger partial charge in [-0.3, -0.25) is 0 Å². The number of rotatable bonds is 4. The van der Waals surface area contributed by atoms with Crippen LogP contribution in [-0.4, -0.2) is 0 Å². The van der Waals surface area contributed by atoms with Crippen molar-refractivity contribution in [1.29, 1.82) is 0 Å². The monoisotopic (exact) mass is 327 g/mol. The van der Waals surface area contributed by atoms with Crippen molar-refractivity contribution < 1.29 is 4.39 Å². The van der Waals surface area contributed by atoms with Crippen LogP contribution in [0.1, 0.15) is 24.8 Å². The van der Waals surface area contributed by atoms with E-state index in [1.165, 1.54) is 10.9 Å². The second kappa shape index (κ2) is 5.85. The molecule has 0 aliphatic carbocycles. The fourth-order valence-electron chi connectivity index (χ4n) is 1.80. The molecule has 1 unspecified atom stereocenters. The Kier molecular flexibility index (Phi) is 4.40. The van der Waals surface area contributed by atoms with Gasteiger partial charge >= 0.3 is 0 Å². The van der Waals surface area contributed by atoms with Crippen molar-refractivity contribution in [3.8, 4) is 0 Å². The lowest BCUT2D eigenvalue weighted by Crippen LogP contribution is -2.15. The average molecular weight is 328 g/mol. The molecule has 0 radical (unpaired) electrons. The number of hydrogen-bond acceptors (Lipinski definition) is 2. The summed E-state index contributed by atoms with van der Waals surface area (Å²) in [4.78, 5) is 1.27. The number of thiophene rings is 1. The highest BCUT2D eigenvalue weighted by atomic mass is 79.9. The molecular weight excluding hydrogens is 313 g/mol. The van der Waals surface area contributed by atoms with Crippen LogP contribution in [0.5, 0.6) is 0 Å². The van der Waals surface area contributed by atoms with Gasteiger partial charge in [0.05, 0.1) is 10.5 Å². The normalized spacial score (nSPS) is 12.7. The quantitative estimate of drug-likeness (QED) is 0.786. The Morgan fingerprint density at radius 1 is 1.28 bits per heavy atom. The van der Waals surface area contributed by atoms with Crippen molar-refractivity contribution in [2.24, 2.45) is 5.92 Å². The number of hydrogen-bond donors (Lipinski definition) is 1. The van der Waals surface area contributed by atoms with E-state index in [-0.39, 0.29) is 11.9 Å². The van der Waals surface area contributed by atoms with Crippen LogP contribution in [0.2, 0.25) is 0 Å². The molecule has 0 saturated heterocycles. The highest BCUT2D eigenvalue weighted by Gasteiger charge is 2.16.